The molecule has 0 aliphatic rings. The van der Waals surface area contributed by atoms with Crippen molar-refractivity contribution in [3.63, 3.8) is 0 Å². The zero-order valence-electron chi connectivity index (χ0n) is 14.8. The first-order valence-electron chi connectivity index (χ1n) is 8.28. The maximum atomic E-state index is 5.94. The van der Waals surface area contributed by atoms with E-state index < -0.39 is 0 Å². The van der Waals surface area contributed by atoms with Gasteiger partial charge in [0, 0.05) is 6.54 Å². The summed E-state index contributed by atoms with van der Waals surface area (Å²) in [5.74, 6) is 1.03. The molecule has 0 saturated carbocycles. The van der Waals surface area contributed by atoms with Crippen molar-refractivity contribution in [2.24, 2.45) is 0 Å². The number of benzene rings is 1. The lowest BCUT2D eigenvalue weighted by molar-refractivity contribution is 0.173. The Morgan fingerprint density at radius 3 is 2.85 bits per heavy atom. The quantitative estimate of drug-likeness (QED) is 0.358. The highest BCUT2D eigenvalue weighted by molar-refractivity contribution is 7.99. The van der Waals surface area contributed by atoms with Crippen molar-refractivity contribution >= 4 is 38.1 Å². The first-order valence-corrected chi connectivity index (χ1v) is 9.91. The number of hydrogen-bond donors (Lipinski definition) is 1. The van der Waals surface area contributed by atoms with E-state index in [-0.39, 0.29) is 12.1 Å². The first-order chi connectivity index (χ1) is 12.6. The number of aromatic nitrogens is 4. The highest BCUT2D eigenvalue weighted by atomic mass is 32.2. The lowest BCUT2D eigenvalue weighted by Gasteiger charge is -2.13. The maximum absolute atomic E-state index is 5.94. The molecular formula is C17H22N5O2PS. The zero-order valence-corrected chi connectivity index (χ0v) is 16.7. The number of fused-ring (bicyclic) bond motifs is 1. The van der Waals surface area contributed by atoms with E-state index >= 15 is 0 Å². The van der Waals surface area contributed by atoms with E-state index in [0.29, 0.717) is 30.2 Å². The summed E-state index contributed by atoms with van der Waals surface area (Å²) in [4.78, 5) is 14.2. The van der Waals surface area contributed by atoms with Gasteiger partial charge in [0.25, 0.3) is 0 Å². The van der Waals surface area contributed by atoms with Crippen LogP contribution in [0.15, 0.2) is 40.5 Å². The van der Waals surface area contributed by atoms with Gasteiger partial charge in [-0.3, -0.25) is 0 Å². The largest absolute Gasteiger partial charge is 0.490 e. The van der Waals surface area contributed by atoms with Crippen LogP contribution in [0, 0.1) is 0 Å². The van der Waals surface area contributed by atoms with Gasteiger partial charge in [0.1, 0.15) is 16.3 Å². The van der Waals surface area contributed by atoms with Crippen LogP contribution in [0.2, 0.25) is 0 Å². The molecule has 0 spiro atoms. The van der Waals surface area contributed by atoms with Crippen molar-refractivity contribution in [3.05, 3.63) is 30.6 Å². The molecule has 1 unspecified atom stereocenters. The Morgan fingerprint density at radius 1 is 1.27 bits per heavy atom. The molecule has 3 aromatic rings. The predicted octanol–water partition coefficient (Wildman–Crippen LogP) is 3.20. The van der Waals surface area contributed by atoms with Gasteiger partial charge in [-0.15, -0.1) is 9.24 Å². The van der Waals surface area contributed by atoms with Crippen LogP contribution >= 0.6 is 21.0 Å². The van der Waals surface area contributed by atoms with Gasteiger partial charge in [0.05, 0.1) is 30.3 Å². The minimum absolute atomic E-state index is 0.0863. The maximum Gasteiger partial charge on any atom is 0.223 e. The standard InChI is InChI=1S/C17H22N5O2PS/c1-11(2)24-12-5-3-4-6-13(12)26-16-14-15(20-17(18)21-16)22(9-19-14)7-8-23-10-25/h3-6,9,11H,7-8,10,25H2,1-2H3,(H2,18,20,21). The lowest BCUT2D eigenvalue weighted by atomic mass is 10.3. The summed E-state index contributed by atoms with van der Waals surface area (Å²) in [7, 11) is 2.53. The number of imidazole rings is 1. The van der Waals surface area contributed by atoms with E-state index in [0.717, 1.165) is 16.2 Å². The molecule has 138 valence electrons. The van der Waals surface area contributed by atoms with Crippen molar-refractivity contribution < 1.29 is 9.47 Å². The van der Waals surface area contributed by atoms with Gasteiger partial charge in [-0.05, 0) is 26.0 Å². The normalized spacial score (nSPS) is 11.4. The molecule has 26 heavy (non-hydrogen) atoms. The van der Waals surface area contributed by atoms with Gasteiger partial charge in [-0.1, -0.05) is 23.9 Å². The fraction of sp³-hybridized carbons (Fsp3) is 0.353. The molecule has 7 nitrogen and oxygen atoms in total. The molecule has 3 rings (SSSR count). The molecule has 2 N–H and O–H groups in total. The van der Waals surface area contributed by atoms with Gasteiger partial charge < -0.3 is 19.8 Å². The van der Waals surface area contributed by atoms with Crippen molar-refractivity contribution in [2.75, 3.05) is 18.7 Å². The van der Waals surface area contributed by atoms with E-state index in [4.69, 9.17) is 15.2 Å². The Hall–Kier alpha value is -1.89. The van der Waals surface area contributed by atoms with Crippen LogP contribution in [0.5, 0.6) is 5.75 Å². The Balaban J connectivity index is 1.94. The van der Waals surface area contributed by atoms with Crippen LogP contribution in [-0.4, -0.2) is 38.6 Å². The van der Waals surface area contributed by atoms with Gasteiger partial charge in [0.2, 0.25) is 5.95 Å². The average Bonchev–Trinajstić information content (AvgIpc) is 2.99. The van der Waals surface area contributed by atoms with Crippen LogP contribution in [0.3, 0.4) is 0 Å². The SMILES string of the molecule is CC(C)Oc1ccccc1Sc1nc(N)nc2c1ncn2CCOCP. The van der Waals surface area contributed by atoms with Crippen LogP contribution in [0.25, 0.3) is 11.2 Å². The Labute approximate surface area is 158 Å². The molecule has 9 heteroatoms. The molecule has 2 heterocycles. The van der Waals surface area contributed by atoms with Gasteiger partial charge in [0.15, 0.2) is 5.65 Å². The predicted molar refractivity (Wildman–Crippen MR) is 107 cm³/mol. The van der Waals surface area contributed by atoms with E-state index in [1.54, 1.807) is 6.33 Å². The van der Waals surface area contributed by atoms with E-state index in [9.17, 15) is 0 Å². The highest BCUT2D eigenvalue weighted by Gasteiger charge is 2.15. The van der Waals surface area contributed by atoms with E-state index in [1.165, 1.54) is 11.8 Å². The molecule has 0 saturated heterocycles. The summed E-state index contributed by atoms with van der Waals surface area (Å²) < 4.78 is 13.2. The molecule has 0 aliphatic heterocycles. The van der Waals surface area contributed by atoms with E-state index in [2.05, 4.69) is 24.2 Å². The number of anilines is 1. The number of rotatable bonds is 8. The van der Waals surface area contributed by atoms with Crippen molar-refractivity contribution in [1.29, 1.82) is 0 Å². The van der Waals surface area contributed by atoms with Crippen LogP contribution in [0.4, 0.5) is 5.95 Å². The second kappa shape index (κ2) is 8.66. The molecule has 0 radical (unpaired) electrons. The molecule has 1 aromatic carbocycles. The van der Waals surface area contributed by atoms with Crippen LogP contribution in [-0.2, 0) is 11.3 Å². The zero-order chi connectivity index (χ0) is 18.5. The van der Waals surface area contributed by atoms with Crippen LogP contribution in [0.1, 0.15) is 13.8 Å². The Morgan fingerprint density at radius 2 is 2.08 bits per heavy atom. The lowest BCUT2D eigenvalue weighted by Crippen LogP contribution is -2.07. The summed E-state index contributed by atoms with van der Waals surface area (Å²) in [5, 5.41) is 0.707. The molecule has 0 fully saturated rings. The molecule has 0 bridgehead atoms. The molecule has 1 atom stereocenters. The molecular weight excluding hydrogens is 369 g/mol. The van der Waals surface area contributed by atoms with Gasteiger partial charge >= 0.3 is 0 Å². The number of nitrogens with zero attached hydrogens (tertiary/aromatic N) is 4. The topological polar surface area (TPSA) is 88.1 Å². The number of nitrogens with two attached hydrogens (primary N) is 1. The van der Waals surface area contributed by atoms with Crippen LogP contribution < -0.4 is 10.5 Å². The molecule has 2 aromatic heterocycles. The number of hydrogen-bond acceptors (Lipinski definition) is 7. The molecule has 0 amide bonds. The van der Waals surface area contributed by atoms with Crippen molar-refractivity contribution in [1.82, 2.24) is 19.5 Å². The summed E-state index contributed by atoms with van der Waals surface area (Å²) >= 11 is 1.48. The second-order valence-corrected chi connectivity index (χ2v) is 7.15. The second-order valence-electron chi connectivity index (χ2n) is 5.79. The third-order valence-electron chi connectivity index (χ3n) is 3.46. The van der Waals surface area contributed by atoms with Gasteiger partial charge in [-0.2, -0.15) is 4.98 Å². The third-order valence-corrected chi connectivity index (χ3v) is 4.73. The summed E-state index contributed by atoms with van der Waals surface area (Å²) in [5.41, 5.74) is 7.36. The summed E-state index contributed by atoms with van der Waals surface area (Å²) in [6.45, 7) is 5.23. The fourth-order valence-electron chi connectivity index (χ4n) is 2.41. The summed E-state index contributed by atoms with van der Waals surface area (Å²) in [6, 6.07) is 7.86. The monoisotopic (exact) mass is 391 g/mol. The minimum Gasteiger partial charge on any atom is -0.490 e. The smallest absolute Gasteiger partial charge is 0.223 e. The van der Waals surface area contributed by atoms with Gasteiger partial charge in [-0.25, -0.2) is 9.97 Å². The van der Waals surface area contributed by atoms with E-state index in [1.807, 2.05) is 42.7 Å². The summed E-state index contributed by atoms with van der Waals surface area (Å²) in [6.07, 6.45) is 2.42. The number of nitrogen functional groups attached to an aromatic ring is 1. The number of para-hydroxylation sites is 1. The number of ether oxygens (including phenoxy) is 2. The fourth-order valence-corrected chi connectivity index (χ4v) is 3.52. The first kappa shape index (κ1) is 18.9. The Kier molecular flexibility index (Phi) is 6.29. The molecule has 0 aliphatic carbocycles. The van der Waals surface area contributed by atoms with Crippen molar-refractivity contribution in [2.45, 2.75) is 36.4 Å². The third kappa shape index (κ3) is 4.44. The minimum atomic E-state index is 0.0863. The average molecular weight is 391 g/mol. The highest BCUT2D eigenvalue weighted by Crippen LogP contribution is 2.37. The van der Waals surface area contributed by atoms with Crippen molar-refractivity contribution in [3.8, 4) is 5.75 Å². The Bertz CT molecular complexity index is 887.